The number of aromatic amines is 1. The Bertz CT molecular complexity index is 915. The van der Waals surface area contributed by atoms with Crippen molar-refractivity contribution in [3.05, 3.63) is 47.8 Å². The molecule has 0 aliphatic carbocycles. The van der Waals surface area contributed by atoms with E-state index in [9.17, 15) is 9.18 Å². The second-order valence-electron chi connectivity index (χ2n) is 6.64. The van der Waals surface area contributed by atoms with E-state index < -0.39 is 5.82 Å². The SMILES string of the molecule is Cc1cnn(CC2CCCCN2C(=O)c2cc(F)cc3[nH]cnc23)c1. The van der Waals surface area contributed by atoms with Crippen molar-refractivity contribution in [2.24, 2.45) is 0 Å². The van der Waals surface area contributed by atoms with Gasteiger partial charge >= 0.3 is 0 Å². The molecule has 1 saturated heterocycles. The van der Waals surface area contributed by atoms with Gasteiger partial charge < -0.3 is 9.88 Å². The van der Waals surface area contributed by atoms with Crippen LogP contribution in [0.5, 0.6) is 0 Å². The number of fused-ring (bicyclic) bond motifs is 1. The van der Waals surface area contributed by atoms with Crippen molar-refractivity contribution in [1.29, 1.82) is 0 Å². The Morgan fingerprint density at radius 3 is 3.08 bits per heavy atom. The smallest absolute Gasteiger partial charge is 0.256 e. The lowest BCUT2D eigenvalue weighted by molar-refractivity contribution is 0.0585. The number of imidazole rings is 1. The third-order valence-electron chi connectivity index (χ3n) is 4.77. The molecule has 1 unspecified atom stereocenters. The Hall–Kier alpha value is -2.70. The van der Waals surface area contributed by atoms with Gasteiger partial charge in [-0.2, -0.15) is 5.10 Å². The van der Waals surface area contributed by atoms with Crippen LogP contribution in [0.3, 0.4) is 0 Å². The lowest BCUT2D eigenvalue weighted by atomic mass is 10.00. The van der Waals surface area contributed by atoms with Crippen LogP contribution in [0.4, 0.5) is 4.39 Å². The van der Waals surface area contributed by atoms with Crippen molar-refractivity contribution in [3.8, 4) is 0 Å². The Kier molecular flexibility index (Phi) is 3.99. The zero-order chi connectivity index (χ0) is 17.4. The number of amides is 1. The van der Waals surface area contributed by atoms with Gasteiger partial charge in [-0.1, -0.05) is 0 Å². The van der Waals surface area contributed by atoms with Crippen molar-refractivity contribution in [2.45, 2.75) is 38.8 Å². The lowest BCUT2D eigenvalue weighted by Gasteiger charge is -2.35. The first kappa shape index (κ1) is 15.8. The average Bonchev–Trinajstić information content (AvgIpc) is 3.22. The number of benzene rings is 1. The topological polar surface area (TPSA) is 66.8 Å². The number of hydrogen-bond acceptors (Lipinski definition) is 3. The number of aromatic nitrogens is 4. The molecule has 3 heterocycles. The molecule has 25 heavy (non-hydrogen) atoms. The number of nitrogens with one attached hydrogen (secondary N) is 1. The van der Waals surface area contributed by atoms with Gasteiger partial charge in [-0.15, -0.1) is 0 Å². The molecule has 0 radical (unpaired) electrons. The molecule has 1 N–H and O–H groups in total. The summed E-state index contributed by atoms with van der Waals surface area (Å²) in [4.78, 5) is 22.1. The van der Waals surface area contributed by atoms with Crippen molar-refractivity contribution in [2.75, 3.05) is 6.54 Å². The maximum Gasteiger partial charge on any atom is 0.256 e. The maximum atomic E-state index is 13.9. The normalized spacial score (nSPS) is 18.0. The predicted octanol–water partition coefficient (Wildman–Crippen LogP) is 2.90. The van der Waals surface area contributed by atoms with E-state index in [1.165, 1.54) is 18.5 Å². The summed E-state index contributed by atoms with van der Waals surface area (Å²) >= 11 is 0. The number of likely N-dealkylation sites (tertiary alicyclic amines) is 1. The summed E-state index contributed by atoms with van der Waals surface area (Å²) in [5, 5.41) is 4.33. The summed E-state index contributed by atoms with van der Waals surface area (Å²) in [6, 6.07) is 2.70. The van der Waals surface area contributed by atoms with Gasteiger partial charge in [-0.25, -0.2) is 9.37 Å². The lowest BCUT2D eigenvalue weighted by Crippen LogP contribution is -2.46. The van der Waals surface area contributed by atoms with E-state index in [0.29, 0.717) is 29.7 Å². The van der Waals surface area contributed by atoms with E-state index in [1.54, 1.807) is 0 Å². The van der Waals surface area contributed by atoms with Gasteiger partial charge in [0.15, 0.2) is 0 Å². The molecule has 1 aliphatic rings. The fraction of sp³-hybridized carbons (Fsp3) is 0.389. The molecule has 1 amide bonds. The van der Waals surface area contributed by atoms with Crippen LogP contribution in [0.15, 0.2) is 30.9 Å². The second kappa shape index (κ2) is 6.31. The van der Waals surface area contributed by atoms with Crippen LogP contribution >= 0.6 is 0 Å². The average molecular weight is 341 g/mol. The fourth-order valence-corrected chi connectivity index (χ4v) is 3.57. The molecule has 3 aromatic rings. The van der Waals surface area contributed by atoms with Gasteiger partial charge in [0.1, 0.15) is 11.3 Å². The molecule has 1 aliphatic heterocycles. The van der Waals surface area contributed by atoms with Gasteiger partial charge in [0.05, 0.1) is 36.2 Å². The first-order valence-corrected chi connectivity index (χ1v) is 8.54. The van der Waals surface area contributed by atoms with Crippen LogP contribution in [0.25, 0.3) is 11.0 Å². The number of nitrogens with zero attached hydrogens (tertiary/aromatic N) is 4. The number of rotatable bonds is 3. The number of H-pyrrole nitrogens is 1. The summed E-state index contributed by atoms with van der Waals surface area (Å²) in [5.74, 6) is -0.596. The van der Waals surface area contributed by atoms with E-state index in [4.69, 9.17) is 0 Å². The minimum Gasteiger partial charge on any atom is -0.344 e. The van der Waals surface area contributed by atoms with E-state index in [2.05, 4.69) is 15.1 Å². The monoisotopic (exact) mass is 341 g/mol. The number of hydrogen-bond donors (Lipinski definition) is 1. The standard InChI is InChI=1S/C18H20FN5O/c1-12-8-22-23(9-12)10-14-4-2-3-5-24(14)18(25)15-6-13(19)7-16-17(15)21-11-20-16/h6-9,11,14H,2-5,10H2,1H3,(H,20,21). The minimum atomic E-state index is -0.434. The molecular weight excluding hydrogens is 321 g/mol. The highest BCUT2D eigenvalue weighted by Gasteiger charge is 2.29. The van der Waals surface area contributed by atoms with Gasteiger partial charge in [0.2, 0.25) is 0 Å². The van der Waals surface area contributed by atoms with E-state index in [0.717, 1.165) is 24.8 Å². The van der Waals surface area contributed by atoms with Gasteiger partial charge in [0.25, 0.3) is 5.91 Å². The molecule has 0 bridgehead atoms. The highest BCUT2D eigenvalue weighted by molar-refractivity contribution is 6.05. The van der Waals surface area contributed by atoms with E-state index >= 15 is 0 Å². The van der Waals surface area contributed by atoms with Crippen molar-refractivity contribution >= 4 is 16.9 Å². The maximum absolute atomic E-state index is 13.9. The first-order valence-electron chi connectivity index (χ1n) is 8.54. The molecule has 1 atom stereocenters. The summed E-state index contributed by atoms with van der Waals surface area (Å²) in [7, 11) is 0. The molecule has 0 saturated carbocycles. The summed E-state index contributed by atoms with van der Waals surface area (Å²) in [5.41, 5.74) is 2.47. The Morgan fingerprint density at radius 1 is 1.40 bits per heavy atom. The fourth-order valence-electron chi connectivity index (χ4n) is 3.57. The summed E-state index contributed by atoms with van der Waals surface area (Å²) in [6.07, 6.45) is 8.24. The number of aryl methyl sites for hydroxylation is 1. The molecule has 1 fully saturated rings. The van der Waals surface area contributed by atoms with Crippen molar-refractivity contribution in [1.82, 2.24) is 24.6 Å². The molecule has 2 aromatic heterocycles. The Labute approximate surface area is 144 Å². The Morgan fingerprint density at radius 2 is 2.28 bits per heavy atom. The number of halogens is 1. The van der Waals surface area contributed by atoms with E-state index in [1.807, 2.05) is 28.9 Å². The van der Waals surface area contributed by atoms with Crippen LogP contribution in [-0.4, -0.2) is 43.1 Å². The molecule has 7 heteroatoms. The molecule has 6 nitrogen and oxygen atoms in total. The highest BCUT2D eigenvalue weighted by Crippen LogP contribution is 2.24. The van der Waals surface area contributed by atoms with Crippen molar-refractivity contribution < 1.29 is 9.18 Å². The van der Waals surface area contributed by atoms with Crippen molar-refractivity contribution in [3.63, 3.8) is 0 Å². The molecule has 4 rings (SSSR count). The molecule has 1 aromatic carbocycles. The Balaban J connectivity index is 1.65. The number of carbonyl (C=O) groups is 1. The summed E-state index contributed by atoms with van der Waals surface area (Å²) < 4.78 is 15.8. The largest absolute Gasteiger partial charge is 0.344 e. The van der Waals surface area contributed by atoms with Gasteiger partial charge in [0, 0.05) is 12.7 Å². The third kappa shape index (κ3) is 3.01. The van der Waals surface area contributed by atoms with Gasteiger partial charge in [-0.3, -0.25) is 9.48 Å². The summed E-state index contributed by atoms with van der Waals surface area (Å²) in [6.45, 7) is 3.32. The van der Waals surface area contributed by atoms with Crippen LogP contribution in [0.2, 0.25) is 0 Å². The molecule has 130 valence electrons. The molecular formula is C18H20FN5O. The quantitative estimate of drug-likeness (QED) is 0.796. The molecule has 0 spiro atoms. The third-order valence-corrected chi connectivity index (χ3v) is 4.77. The van der Waals surface area contributed by atoms with Gasteiger partial charge in [-0.05, 0) is 43.9 Å². The predicted molar refractivity (Wildman–Crippen MR) is 91.7 cm³/mol. The minimum absolute atomic E-state index is 0.0535. The number of carbonyl (C=O) groups excluding carboxylic acids is 1. The first-order chi connectivity index (χ1) is 12.1. The highest BCUT2D eigenvalue weighted by atomic mass is 19.1. The van der Waals surface area contributed by atoms with Crippen LogP contribution in [-0.2, 0) is 6.54 Å². The zero-order valence-electron chi connectivity index (χ0n) is 14.1. The van der Waals surface area contributed by atoms with Crippen LogP contribution < -0.4 is 0 Å². The zero-order valence-corrected chi connectivity index (χ0v) is 14.1. The van der Waals surface area contributed by atoms with Crippen LogP contribution in [0, 0.1) is 12.7 Å². The van der Waals surface area contributed by atoms with Crippen LogP contribution in [0.1, 0.15) is 35.2 Å². The second-order valence-corrected chi connectivity index (χ2v) is 6.64. The van der Waals surface area contributed by atoms with E-state index in [-0.39, 0.29) is 11.9 Å². The number of piperidine rings is 1.